The molecule has 0 bridgehead atoms. The molecule has 0 fully saturated rings. The molecule has 0 aliphatic heterocycles. The van der Waals surface area contributed by atoms with Gasteiger partial charge in [0.2, 0.25) is 0 Å². The Morgan fingerprint density at radius 1 is 1.28 bits per heavy atom. The van der Waals surface area contributed by atoms with E-state index in [1.54, 1.807) is 0 Å². The van der Waals surface area contributed by atoms with Crippen LogP contribution in [0.5, 0.6) is 0 Å². The van der Waals surface area contributed by atoms with E-state index in [4.69, 9.17) is 5.11 Å². The van der Waals surface area contributed by atoms with Crippen LogP contribution in [-0.4, -0.2) is 39.3 Å². The first kappa shape index (κ1) is 13.9. The molecule has 0 spiro atoms. The zero-order chi connectivity index (χ0) is 14.1. The number of carboxylic acids is 1. The molecule has 6 nitrogen and oxygen atoms in total. The number of aromatic nitrogens is 2. The lowest BCUT2D eigenvalue weighted by molar-refractivity contribution is -0.267. The molecule has 1 rings (SSSR count). The van der Waals surface area contributed by atoms with Crippen LogP contribution in [0.2, 0.25) is 0 Å². The Hall–Kier alpha value is -2.20. The highest BCUT2D eigenvalue weighted by molar-refractivity contribution is 5.97. The van der Waals surface area contributed by atoms with Crippen LogP contribution < -0.4 is 5.32 Å². The van der Waals surface area contributed by atoms with Gasteiger partial charge in [-0.15, -0.1) is 0 Å². The average Bonchev–Trinajstić information content (AvgIpc) is 2.64. The summed E-state index contributed by atoms with van der Waals surface area (Å²) in [6, 6.07) is 0.590. The summed E-state index contributed by atoms with van der Waals surface area (Å²) in [6.45, 7) is 0. The minimum absolute atomic E-state index is 0.583. The van der Waals surface area contributed by atoms with E-state index < -0.39 is 35.5 Å². The molecule has 1 amide bonds. The Morgan fingerprint density at radius 3 is 2.22 bits per heavy atom. The molecule has 1 aromatic rings. The molecule has 18 heavy (non-hydrogen) atoms. The number of hydrogen-bond acceptors (Lipinski definition) is 3. The first-order chi connectivity index (χ1) is 8.05. The molecule has 0 unspecified atom stereocenters. The van der Waals surface area contributed by atoms with Gasteiger partial charge in [0.05, 0.1) is 0 Å². The first-order valence-electron chi connectivity index (χ1n) is 4.10. The number of aromatic carboxylic acids is 1. The molecule has 0 aliphatic rings. The third-order valence-electron chi connectivity index (χ3n) is 1.69. The van der Waals surface area contributed by atoms with Crippen LogP contribution in [0.4, 0.5) is 27.8 Å². The summed E-state index contributed by atoms with van der Waals surface area (Å²) in [5.74, 6) is -10.5. The quantitative estimate of drug-likeness (QED) is 0.722. The van der Waals surface area contributed by atoms with Gasteiger partial charge in [0.1, 0.15) is 5.69 Å². The second-order valence-electron chi connectivity index (χ2n) is 3.00. The van der Waals surface area contributed by atoms with E-state index in [1.165, 1.54) is 0 Å². The molecule has 0 aliphatic carbocycles. The highest BCUT2D eigenvalue weighted by Crippen LogP contribution is 2.36. The van der Waals surface area contributed by atoms with E-state index >= 15 is 0 Å². The number of rotatable bonds is 3. The summed E-state index contributed by atoms with van der Waals surface area (Å²) < 4.78 is 60.3. The van der Waals surface area contributed by atoms with Crippen molar-refractivity contribution in [2.24, 2.45) is 0 Å². The third-order valence-corrected chi connectivity index (χ3v) is 1.69. The number of hydrogen-bond donors (Lipinski definition) is 3. The maximum Gasteiger partial charge on any atom is 0.463 e. The van der Waals surface area contributed by atoms with E-state index in [2.05, 4.69) is 5.10 Å². The molecule has 0 radical (unpaired) electrons. The van der Waals surface area contributed by atoms with Crippen molar-refractivity contribution in [3.8, 4) is 0 Å². The van der Waals surface area contributed by atoms with Crippen molar-refractivity contribution >= 4 is 17.7 Å². The number of carboxylic acid groups (broad SMARTS) is 1. The molecule has 3 N–H and O–H groups in total. The Kier molecular flexibility index (Phi) is 3.26. The van der Waals surface area contributed by atoms with E-state index in [0.29, 0.717) is 6.07 Å². The Morgan fingerprint density at radius 2 is 1.83 bits per heavy atom. The summed E-state index contributed by atoms with van der Waals surface area (Å²) in [6.07, 6.45) is -6.05. The minimum Gasteiger partial charge on any atom is -0.477 e. The molecular weight excluding hydrogens is 269 g/mol. The van der Waals surface area contributed by atoms with Gasteiger partial charge >= 0.3 is 24.0 Å². The van der Waals surface area contributed by atoms with Gasteiger partial charge in [-0.25, -0.2) is 4.79 Å². The third kappa shape index (κ3) is 2.55. The molecular formula is C7H4F5N3O3. The van der Waals surface area contributed by atoms with Crippen LogP contribution in [0, 0.1) is 0 Å². The molecule has 0 saturated carbocycles. The topological polar surface area (TPSA) is 95.1 Å². The largest absolute Gasteiger partial charge is 0.477 e. The summed E-state index contributed by atoms with van der Waals surface area (Å²) in [5, 5.41) is 14.4. The smallest absolute Gasteiger partial charge is 0.463 e. The van der Waals surface area contributed by atoms with Crippen LogP contribution >= 0.6 is 0 Å². The van der Waals surface area contributed by atoms with Gasteiger partial charge in [0.15, 0.2) is 5.82 Å². The first-order valence-corrected chi connectivity index (χ1v) is 4.10. The highest BCUT2D eigenvalue weighted by atomic mass is 19.4. The monoisotopic (exact) mass is 273 g/mol. The number of carbonyl (C=O) groups excluding carboxylic acids is 1. The summed E-state index contributed by atoms with van der Waals surface area (Å²) in [5.41, 5.74) is -0.583. The maximum absolute atomic E-state index is 12.5. The van der Waals surface area contributed by atoms with Crippen molar-refractivity contribution < 1.29 is 36.6 Å². The number of halogens is 5. The van der Waals surface area contributed by atoms with Gasteiger partial charge in [-0.1, -0.05) is 0 Å². The van der Waals surface area contributed by atoms with Gasteiger partial charge in [-0.3, -0.25) is 9.89 Å². The number of nitrogens with zero attached hydrogens (tertiary/aromatic N) is 1. The van der Waals surface area contributed by atoms with Crippen molar-refractivity contribution in [1.82, 2.24) is 10.2 Å². The van der Waals surface area contributed by atoms with Crippen molar-refractivity contribution in [1.29, 1.82) is 0 Å². The van der Waals surface area contributed by atoms with Crippen LogP contribution in [-0.2, 0) is 4.79 Å². The SMILES string of the molecule is O=C(O)c1cc(NC(=O)C(F)(F)C(F)(F)F)n[nH]1. The number of aromatic amines is 1. The number of anilines is 1. The lowest BCUT2D eigenvalue weighted by atomic mass is 10.3. The number of H-pyrrole nitrogens is 1. The predicted octanol–water partition coefficient (Wildman–Crippen LogP) is 1.24. The average molecular weight is 273 g/mol. The zero-order valence-corrected chi connectivity index (χ0v) is 8.18. The van der Waals surface area contributed by atoms with Crippen LogP contribution in [0.3, 0.4) is 0 Å². The molecule has 11 heteroatoms. The van der Waals surface area contributed by atoms with E-state index in [1.807, 2.05) is 5.10 Å². The van der Waals surface area contributed by atoms with Gasteiger partial charge in [0.25, 0.3) is 0 Å². The van der Waals surface area contributed by atoms with Gasteiger partial charge in [0, 0.05) is 6.07 Å². The second kappa shape index (κ2) is 4.23. The summed E-state index contributed by atoms with van der Waals surface area (Å²) in [4.78, 5) is 21.0. The normalized spacial score (nSPS) is 12.3. The number of nitrogens with one attached hydrogen (secondary N) is 2. The lowest BCUT2D eigenvalue weighted by Crippen LogP contribution is -2.47. The molecule has 0 atom stereocenters. The van der Waals surface area contributed by atoms with Gasteiger partial charge < -0.3 is 10.4 Å². The van der Waals surface area contributed by atoms with E-state index in [0.717, 1.165) is 5.32 Å². The number of carbonyl (C=O) groups is 2. The van der Waals surface area contributed by atoms with Gasteiger partial charge in [-0.2, -0.15) is 27.1 Å². The Bertz CT molecular complexity index is 481. The minimum atomic E-state index is -6.05. The number of alkyl halides is 5. The molecule has 1 heterocycles. The maximum atomic E-state index is 12.5. The molecule has 0 aromatic carbocycles. The zero-order valence-electron chi connectivity index (χ0n) is 8.18. The van der Waals surface area contributed by atoms with Gasteiger partial charge in [-0.05, 0) is 0 Å². The highest BCUT2D eigenvalue weighted by Gasteiger charge is 2.63. The standard InChI is InChI=1S/C7H4F5N3O3/c8-6(9,7(10,11)12)5(18)13-3-1-2(4(16)17)14-15-3/h1H,(H,16,17)(H2,13,14,15,18). The van der Waals surface area contributed by atoms with Crippen LogP contribution in [0.1, 0.15) is 10.5 Å². The fourth-order valence-electron chi connectivity index (χ4n) is 0.819. The Balaban J connectivity index is 2.85. The Labute approximate surface area is 94.8 Å². The fraction of sp³-hybridized carbons (Fsp3) is 0.286. The van der Waals surface area contributed by atoms with E-state index in [9.17, 15) is 31.5 Å². The molecule has 100 valence electrons. The fourth-order valence-corrected chi connectivity index (χ4v) is 0.819. The number of amides is 1. The summed E-state index contributed by atoms with van der Waals surface area (Å²) in [7, 11) is 0. The van der Waals surface area contributed by atoms with Crippen LogP contribution in [0.25, 0.3) is 0 Å². The van der Waals surface area contributed by atoms with Crippen molar-refractivity contribution in [2.45, 2.75) is 12.1 Å². The van der Waals surface area contributed by atoms with Crippen molar-refractivity contribution in [3.05, 3.63) is 11.8 Å². The van der Waals surface area contributed by atoms with Crippen LogP contribution in [0.15, 0.2) is 6.07 Å². The molecule has 0 saturated heterocycles. The van der Waals surface area contributed by atoms with E-state index in [-0.39, 0.29) is 0 Å². The van der Waals surface area contributed by atoms with Crippen molar-refractivity contribution in [2.75, 3.05) is 5.32 Å². The second-order valence-corrected chi connectivity index (χ2v) is 3.00. The lowest BCUT2D eigenvalue weighted by Gasteiger charge is -2.17. The molecule has 1 aromatic heterocycles. The summed E-state index contributed by atoms with van der Waals surface area (Å²) >= 11 is 0. The van der Waals surface area contributed by atoms with Crippen molar-refractivity contribution in [3.63, 3.8) is 0 Å². The predicted molar refractivity (Wildman–Crippen MR) is 45.2 cm³/mol.